The van der Waals surface area contributed by atoms with Crippen LogP contribution in [-0.4, -0.2) is 59.4 Å². The van der Waals surface area contributed by atoms with Gasteiger partial charge >= 0.3 is 5.97 Å². The Morgan fingerprint density at radius 3 is 2.08 bits per heavy atom. The maximum Gasteiger partial charge on any atom is 0.326 e. The zero-order chi connectivity index (χ0) is 18.9. The second-order valence-corrected chi connectivity index (χ2v) is 5.20. The van der Waals surface area contributed by atoms with Gasteiger partial charge in [0.2, 0.25) is 23.6 Å². The fourth-order valence-corrected chi connectivity index (χ4v) is 1.53. The van der Waals surface area contributed by atoms with Crippen LogP contribution in [0, 0.1) is 0 Å². The molecule has 24 heavy (non-hydrogen) atoms. The van der Waals surface area contributed by atoms with Crippen molar-refractivity contribution in [2.45, 2.75) is 44.8 Å². The molecular formula is C13H23N5O6. The normalized spacial score (nSPS) is 14.0. The largest absolute Gasteiger partial charge is 0.480 e. The van der Waals surface area contributed by atoms with E-state index in [1.807, 2.05) is 0 Å². The first kappa shape index (κ1) is 21.3. The number of hydrogen-bond acceptors (Lipinski definition) is 6. The highest BCUT2D eigenvalue weighted by Gasteiger charge is 2.24. The number of carbonyl (C=O) groups is 5. The van der Waals surface area contributed by atoms with Crippen LogP contribution in [0.15, 0.2) is 0 Å². The van der Waals surface area contributed by atoms with Crippen LogP contribution in [0.4, 0.5) is 0 Å². The summed E-state index contributed by atoms with van der Waals surface area (Å²) in [7, 11) is 0. The number of aliphatic carboxylic acids is 1. The van der Waals surface area contributed by atoms with E-state index in [0.717, 1.165) is 0 Å². The highest BCUT2D eigenvalue weighted by molar-refractivity contribution is 5.92. The molecular weight excluding hydrogens is 322 g/mol. The summed E-state index contributed by atoms with van der Waals surface area (Å²) in [6, 6.07) is -3.12. The molecule has 0 aromatic rings. The Kier molecular flexibility index (Phi) is 9.02. The van der Waals surface area contributed by atoms with E-state index >= 15 is 0 Å². The van der Waals surface area contributed by atoms with E-state index in [9.17, 15) is 24.0 Å². The van der Waals surface area contributed by atoms with Crippen LogP contribution < -0.4 is 27.4 Å². The minimum absolute atomic E-state index is 0.165. The van der Waals surface area contributed by atoms with Crippen LogP contribution >= 0.6 is 0 Å². The van der Waals surface area contributed by atoms with Gasteiger partial charge in [-0.3, -0.25) is 19.2 Å². The fourth-order valence-electron chi connectivity index (χ4n) is 1.53. The van der Waals surface area contributed by atoms with Gasteiger partial charge in [-0.1, -0.05) is 0 Å². The fraction of sp³-hybridized carbons (Fsp3) is 0.615. The zero-order valence-corrected chi connectivity index (χ0v) is 13.5. The van der Waals surface area contributed by atoms with E-state index in [1.165, 1.54) is 13.8 Å². The average Bonchev–Trinajstić information content (AvgIpc) is 2.47. The number of hydrogen-bond donors (Lipinski definition) is 6. The Labute approximate surface area is 138 Å². The van der Waals surface area contributed by atoms with Gasteiger partial charge < -0.3 is 32.5 Å². The van der Waals surface area contributed by atoms with E-state index in [1.54, 1.807) is 0 Å². The van der Waals surface area contributed by atoms with E-state index in [0.29, 0.717) is 0 Å². The van der Waals surface area contributed by atoms with Gasteiger partial charge in [0.15, 0.2) is 0 Å². The standard InChI is InChI=1S/C13H23N5O6/c1-6(14)11(21)16-5-10(20)17-7(2)12(22)18-8(13(23)24)3-4-9(15)19/h6-8H,3-5,14H2,1-2H3,(H2,15,19)(H,16,21)(H,17,20)(H,18,22)(H,23,24). The third kappa shape index (κ3) is 8.68. The molecule has 3 atom stereocenters. The number of nitrogens with one attached hydrogen (secondary N) is 3. The van der Waals surface area contributed by atoms with E-state index in [2.05, 4.69) is 16.0 Å². The van der Waals surface area contributed by atoms with Crippen LogP contribution in [0.25, 0.3) is 0 Å². The molecule has 0 saturated heterocycles. The molecule has 136 valence electrons. The molecule has 0 rings (SSSR count). The molecule has 0 heterocycles. The Balaban J connectivity index is 4.42. The summed E-state index contributed by atoms with van der Waals surface area (Å²) >= 11 is 0. The van der Waals surface area contributed by atoms with Gasteiger partial charge in [0.1, 0.15) is 12.1 Å². The topological polar surface area (TPSA) is 194 Å². The van der Waals surface area contributed by atoms with Gasteiger partial charge in [-0.25, -0.2) is 4.79 Å². The van der Waals surface area contributed by atoms with Crippen molar-refractivity contribution >= 4 is 29.6 Å². The number of carbonyl (C=O) groups excluding carboxylic acids is 4. The van der Waals surface area contributed by atoms with Crippen molar-refractivity contribution in [1.82, 2.24) is 16.0 Å². The SMILES string of the molecule is CC(N)C(=O)NCC(=O)NC(C)C(=O)NC(CCC(N)=O)C(=O)O. The number of rotatable bonds is 10. The van der Waals surface area contributed by atoms with Crippen molar-refractivity contribution in [2.24, 2.45) is 11.5 Å². The van der Waals surface area contributed by atoms with E-state index in [4.69, 9.17) is 16.6 Å². The van der Waals surface area contributed by atoms with Crippen LogP contribution in [0.2, 0.25) is 0 Å². The van der Waals surface area contributed by atoms with Crippen LogP contribution in [-0.2, 0) is 24.0 Å². The molecule has 8 N–H and O–H groups in total. The molecule has 0 radical (unpaired) electrons. The number of amides is 4. The summed E-state index contributed by atoms with van der Waals surface area (Å²) in [5.41, 5.74) is 10.2. The number of carboxylic acids is 1. The minimum atomic E-state index is -1.33. The molecule has 0 aliphatic heterocycles. The van der Waals surface area contributed by atoms with Crippen LogP contribution in [0.5, 0.6) is 0 Å². The molecule has 4 amide bonds. The van der Waals surface area contributed by atoms with Crippen molar-refractivity contribution in [3.8, 4) is 0 Å². The minimum Gasteiger partial charge on any atom is -0.480 e. The second-order valence-electron chi connectivity index (χ2n) is 5.20. The first-order valence-corrected chi connectivity index (χ1v) is 7.18. The lowest BCUT2D eigenvalue weighted by Gasteiger charge is -2.18. The highest BCUT2D eigenvalue weighted by Crippen LogP contribution is 1.98. The molecule has 0 spiro atoms. The summed E-state index contributed by atoms with van der Waals surface area (Å²) in [5, 5.41) is 15.7. The molecule has 0 aliphatic carbocycles. The van der Waals surface area contributed by atoms with Gasteiger partial charge in [-0.15, -0.1) is 0 Å². The van der Waals surface area contributed by atoms with Crippen molar-refractivity contribution in [3.05, 3.63) is 0 Å². The maximum atomic E-state index is 11.9. The lowest BCUT2D eigenvalue weighted by molar-refractivity contribution is -0.142. The van der Waals surface area contributed by atoms with Crippen molar-refractivity contribution in [1.29, 1.82) is 0 Å². The summed E-state index contributed by atoms with van der Waals surface area (Å²) in [6.07, 6.45) is -0.372. The molecule has 0 aromatic heterocycles. The predicted octanol–water partition coefficient (Wildman–Crippen LogP) is -3.21. The van der Waals surface area contributed by atoms with Crippen LogP contribution in [0.1, 0.15) is 26.7 Å². The smallest absolute Gasteiger partial charge is 0.326 e. The average molecular weight is 345 g/mol. The van der Waals surface area contributed by atoms with Gasteiger partial charge in [0.25, 0.3) is 0 Å². The third-order valence-corrected chi connectivity index (χ3v) is 2.90. The number of primary amides is 1. The molecule has 3 unspecified atom stereocenters. The van der Waals surface area contributed by atoms with Crippen molar-refractivity contribution in [3.63, 3.8) is 0 Å². The van der Waals surface area contributed by atoms with Gasteiger partial charge in [0.05, 0.1) is 12.6 Å². The lowest BCUT2D eigenvalue weighted by Crippen LogP contribution is -2.52. The molecule has 0 aliphatic rings. The molecule has 0 aromatic carbocycles. The quantitative estimate of drug-likeness (QED) is 0.240. The first-order chi connectivity index (χ1) is 11.0. The monoisotopic (exact) mass is 345 g/mol. The lowest BCUT2D eigenvalue weighted by atomic mass is 10.1. The maximum absolute atomic E-state index is 11.9. The molecule has 0 fully saturated rings. The van der Waals surface area contributed by atoms with E-state index < -0.39 is 47.7 Å². The molecule has 0 bridgehead atoms. The second kappa shape index (κ2) is 10.2. The predicted molar refractivity (Wildman–Crippen MR) is 82.3 cm³/mol. The van der Waals surface area contributed by atoms with Crippen molar-refractivity contribution < 1.29 is 29.1 Å². The van der Waals surface area contributed by atoms with E-state index in [-0.39, 0.29) is 19.4 Å². The van der Waals surface area contributed by atoms with Crippen LogP contribution in [0.3, 0.4) is 0 Å². The molecule has 11 heteroatoms. The Morgan fingerprint density at radius 2 is 1.62 bits per heavy atom. The first-order valence-electron chi connectivity index (χ1n) is 7.18. The Morgan fingerprint density at radius 1 is 1.04 bits per heavy atom. The summed E-state index contributed by atoms with van der Waals surface area (Å²) in [5.74, 6) is -3.94. The Hall–Kier alpha value is -2.69. The molecule has 0 saturated carbocycles. The highest BCUT2D eigenvalue weighted by atomic mass is 16.4. The van der Waals surface area contributed by atoms with Gasteiger partial charge in [-0.2, -0.15) is 0 Å². The van der Waals surface area contributed by atoms with Crippen molar-refractivity contribution in [2.75, 3.05) is 6.54 Å². The van der Waals surface area contributed by atoms with Gasteiger partial charge in [0, 0.05) is 6.42 Å². The third-order valence-electron chi connectivity index (χ3n) is 2.90. The number of carboxylic acid groups (broad SMARTS) is 1. The summed E-state index contributed by atoms with van der Waals surface area (Å²) < 4.78 is 0. The molecule has 11 nitrogen and oxygen atoms in total. The zero-order valence-electron chi connectivity index (χ0n) is 13.5. The number of nitrogens with two attached hydrogens (primary N) is 2. The van der Waals surface area contributed by atoms with Gasteiger partial charge in [-0.05, 0) is 20.3 Å². The Bertz CT molecular complexity index is 507. The summed E-state index contributed by atoms with van der Waals surface area (Å²) in [6.45, 7) is 2.41. The summed E-state index contributed by atoms with van der Waals surface area (Å²) in [4.78, 5) is 56.4.